The van der Waals surface area contributed by atoms with E-state index in [0.29, 0.717) is 17.0 Å². The summed E-state index contributed by atoms with van der Waals surface area (Å²) in [6.45, 7) is 8.18. The molecule has 0 fully saturated rings. The summed E-state index contributed by atoms with van der Waals surface area (Å²) in [5.74, 6) is 0.169. The van der Waals surface area contributed by atoms with Gasteiger partial charge in [-0.1, -0.05) is 24.3 Å². The number of fused-ring (bicyclic) bond motifs is 3. The fourth-order valence-corrected chi connectivity index (χ4v) is 4.49. The standard InChI is InChI=1S/C22H24N4O2S/c1-5-14-12(4)24-19-15(14)7-9-18-20(19)26-22(29-18)25-16-10-13(21(23)27)6-8-17(16)28-11(2)3/h6-11,24H,5H2,1-4H3,(H2,23,27)(H,25,26). The molecule has 4 rings (SSSR count). The minimum absolute atomic E-state index is 0.000621. The van der Waals surface area contributed by atoms with Gasteiger partial charge in [-0.2, -0.15) is 0 Å². The van der Waals surface area contributed by atoms with Crippen molar-refractivity contribution in [3.05, 3.63) is 47.2 Å². The number of ether oxygens (including phenoxy) is 1. The largest absolute Gasteiger partial charge is 0.489 e. The average Bonchev–Trinajstić information content (AvgIpc) is 3.21. The Morgan fingerprint density at radius 2 is 2.10 bits per heavy atom. The Bertz CT molecular complexity index is 1220. The number of amides is 1. The second-order valence-corrected chi connectivity index (χ2v) is 8.33. The molecule has 150 valence electrons. The molecule has 0 saturated heterocycles. The Hall–Kier alpha value is -3.06. The van der Waals surface area contributed by atoms with E-state index in [-0.39, 0.29) is 6.10 Å². The van der Waals surface area contributed by atoms with Gasteiger partial charge in [0.1, 0.15) is 11.3 Å². The number of carbonyl (C=O) groups is 1. The van der Waals surface area contributed by atoms with Crippen molar-refractivity contribution in [1.29, 1.82) is 0 Å². The Morgan fingerprint density at radius 3 is 2.79 bits per heavy atom. The van der Waals surface area contributed by atoms with Gasteiger partial charge in [0.25, 0.3) is 0 Å². The molecule has 0 aliphatic heterocycles. The lowest BCUT2D eigenvalue weighted by Crippen LogP contribution is -2.12. The lowest BCUT2D eigenvalue weighted by Gasteiger charge is -2.15. The molecule has 0 aliphatic carbocycles. The van der Waals surface area contributed by atoms with Crippen LogP contribution in [0.1, 0.15) is 42.4 Å². The van der Waals surface area contributed by atoms with Gasteiger partial charge < -0.3 is 20.8 Å². The molecule has 0 aliphatic rings. The van der Waals surface area contributed by atoms with Crippen molar-refractivity contribution >= 4 is 49.2 Å². The van der Waals surface area contributed by atoms with Gasteiger partial charge >= 0.3 is 0 Å². The zero-order valence-corrected chi connectivity index (χ0v) is 17.7. The molecular formula is C22H24N4O2S. The quantitative estimate of drug-likeness (QED) is 0.405. The molecule has 29 heavy (non-hydrogen) atoms. The molecule has 7 heteroatoms. The molecule has 4 N–H and O–H groups in total. The summed E-state index contributed by atoms with van der Waals surface area (Å²) in [6.07, 6.45) is 0.974. The number of H-pyrrole nitrogens is 1. The number of aromatic nitrogens is 2. The summed E-state index contributed by atoms with van der Waals surface area (Å²) >= 11 is 1.56. The second kappa shape index (κ2) is 7.40. The van der Waals surface area contributed by atoms with Crippen molar-refractivity contribution in [3.63, 3.8) is 0 Å². The number of nitrogens with two attached hydrogens (primary N) is 1. The number of benzene rings is 2. The molecule has 2 heterocycles. The van der Waals surface area contributed by atoms with Crippen LogP contribution < -0.4 is 15.8 Å². The van der Waals surface area contributed by atoms with Crippen LogP contribution in [0.3, 0.4) is 0 Å². The molecule has 2 aromatic heterocycles. The molecule has 2 aromatic carbocycles. The molecular weight excluding hydrogens is 384 g/mol. The highest BCUT2D eigenvalue weighted by Crippen LogP contribution is 2.37. The molecule has 0 radical (unpaired) electrons. The average molecular weight is 409 g/mol. The zero-order valence-electron chi connectivity index (χ0n) is 16.9. The van der Waals surface area contributed by atoms with Crippen LogP contribution in [0.15, 0.2) is 30.3 Å². The Kier molecular flexibility index (Phi) is 4.92. The number of thiazole rings is 1. The van der Waals surface area contributed by atoms with Crippen LogP contribution in [0.4, 0.5) is 10.8 Å². The van der Waals surface area contributed by atoms with Gasteiger partial charge in [0.15, 0.2) is 5.13 Å². The number of nitrogens with one attached hydrogen (secondary N) is 2. The summed E-state index contributed by atoms with van der Waals surface area (Å²) in [7, 11) is 0. The van der Waals surface area contributed by atoms with E-state index < -0.39 is 5.91 Å². The summed E-state index contributed by atoms with van der Waals surface area (Å²) < 4.78 is 6.97. The predicted octanol–water partition coefficient (Wildman–Crippen LogP) is 5.28. The van der Waals surface area contributed by atoms with Crippen LogP contribution in [0, 0.1) is 6.92 Å². The fraction of sp³-hybridized carbons (Fsp3) is 0.273. The summed E-state index contributed by atoms with van der Waals surface area (Å²) in [5.41, 5.74) is 11.0. The van der Waals surface area contributed by atoms with E-state index in [1.807, 2.05) is 13.8 Å². The molecule has 0 spiro atoms. The second-order valence-electron chi connectivity index (χ2n) is 7.30. The van der Waals surface area contributed by atoms with Crippen LogP contribution in [-0.2, 0) is 6.42 Å². The van der Waals surface area contributed by atoms with Crippen LogP contribution in [0.2, 0.25) is 0 Å². The molecule has 4 aromatic rings. The van der Waals surface area contributed by atoms with Gasteiger partial charge in [-0.15, -0.1) is 0 Å². The molecule has 0 atom stereocenters. The fourth-order valence-electron chi connectivity index (χ4n) is 3.60. The van der Waals surface area contributed by atoms with E-state index >= 15 is 0 Å². The van der Waals surface area contributed by atoms with Crippen molar-refractivity contribution < 1.29 is 9.53 Å². The van der Waals surface area contributed by atoms with Gasteiger partial charge in [0, 0.05) is 16.6 Å². The third-order valence-electron chi connectivity index (χ3n) is 4.87. The Balaban J connectivity index is 1.79. The van der Waals surface area contributed by atoms with Gasteiger partial charge in [-0.05, 0) is 57.0 Å². The number of aryl methyl sites for hydroxylation is 2. The third-order valence-corrected chi connectivity index (χ3v) is 5.81. The SMILES string of the molecule is CCc1c(C)[nH]c2c1ccc1sc(Nc3cc(C(N)=O)ccc3OC(C)C)nc12. The predicted molar refractivity (Wildman–Crippen MR) is 120 cm³/mol. The number of hydrogen-bond acceptors (Lipinski definition) is 5. The lowest BCUT2D eigenvalue weighted by molar-refractivity contribution is 0.100. The first-order chi connectivity index (χ1) is 13.9. The van der Waals surface area contributed by atoms with Gasteiger partial charge in [0.05, 0.1) is 22.0 Å². The van der Waals surface area contributed by atoms with Crippen LogP contribution in [0.25, 0.3) is 21.1 Å². The van der Waals surface area contributed by atoms with Crippen molar-refractivity contribution in [3.8, 4) is 5.75 Å². The summed E-state index contributed by atoms with van der Waals surface area (Å²) in [5, 5.41) is 5.27. The first-order valence-electron chi connectivity index (χ1n) is 9.65. The smallest absolute Gasteiger partial charge is 0.248 e. The number of aromatic amines is 1. The zero-order chi connectivity index (χ0) is 20.7. The minimum Gasteiger partial charge on any atom is -0.489 e. The van der Waals surface area contributed by atoms with Gasteiger partial charge in [-0.25, -0.2) is 4.98 Å². The first-order valence-corrected chi connectivity index (χ1v) is 10.5. The van der Waals surface area contributed by atoms with E-state index in [9.17, 15) is 4.79 Å². The molecule has 1 amide bonds. The molecule has 0 bridgehead atoms. The number of nitrogens with zero attached hydrogens (tertiary/aromatic N) is 1. The highest BCUT2D eigenvalue weighted by atomic mass is 32.1. The Morgan fingerprint density at radius 1 is 1.31 bits per heavy atom. The van der Waals surface area contributed by atoms with Crippen LogP contribution in [-0.4, -0.2) is 22.0 Å². The molecule has 0 unspecified atom stereocenters. The van der Waals surface area contributed by atoms with E-state index in [2.05, 4.69) is 36.3 Å². The number of carbonyl (C=O) groups excluding carboxylic acids is 1. The highest BCUT2D eigenvalue weighted by Gasteiger charge is 2.15. The van der Waals surface area contributed by atoms with Crippen molar-refractivity contribution in [2.45, 2.75) is 40.2 Å². The van der Waals surface area contributed by atoms with E-state index in [0.717, 1.165) is 27.3 Å². The van der Waals surface area contributed by atoms with Crippen LogP contribution >= 0.6 is 11.3 Å². The van der Waals surface area contributed by atoms with E-state index in [1.54, 1.807) is 29.5 Å². The van der Waals surface area contributed by atoms with Crippen molar-refractivity contribution in [1.82, 2.24) is 9.97 Å². The maximum atomic E-state index is 11.6. The number of anilines is 2. The lowest BCUT2D eigenvalue weighted by atomic mass is 10.1. The molecule has 0 saturated carbocycles. The number of hydrogen-bond donors (Lipinski definition) is 3. The monoisotopic (exact) mass is 408 g/mol. The summed E-state index contributed by atoms with van der Waals surface area (Å²) in [4.78, 5) is 19.9. The maximum absolute atomic E-state index is 11.6. The third kappa shape index (κ3) is 3.53. The normalized spacial score (nSPS) is 11.5. The number of primary amides is 1. The first kappa shape index (κ1) is 19.3. The van der Waals surface area contributed by atoms with Gasteiger partial charge in [-0.3, -0.25) is 4.79 Å². The minimum atomic E-state index is -0.482. The Labute approximate surface area is 173 Å². The molecule has 6 nitrogen and oxygen atoms in total. The van der Waals surface area contributed by atoms with E-state index in [1.165, 1.54) is 16.6 Å². The number of rotatable bonds is 6. The highest BCUT2D eigenvalue weighted by molar-refractivity contribution is 7.22. The van der Waals surface area contributed by atoms with Crippen LogP contribution in [0.5, 0.6) is 5.75 Å². The van der Waals surface area contributed by atoms with Crippen molar-refractivity contribution in [2.75, 3.05) is 5.32 Å². The maximum Gasteiger partial charge on any atom is 0.248 e. The van der Waals surface area contributed by atoms with Gasteiger partial charge in [0.2, 0.25) is 5.91 Å². The topological polar surface area (TPSA) is 93.0 Å². The summed E-state index contributed by atoms with van der Waals surface area (Å²) in [6, 6.07) is 9.40. The van der Waals surface area contributed by atoms with Crippen molar-refractivity contribution in [2.24, 2.45) is 5.73 Å². The van der Waals surface area contributed by atoms with E-state index in [4.69, 9.17) is 15.5 Å².